The van der Waals surface area contributed by atoms with E-state index in [0.29, 0.717) is 24.2 Å². The summed E-state index contributed by atoms with van der Waals surface area (Å²) < 4.78 is 27.1. The minimum atomic E-state index is -3.78. The summed E-state index contributed by atoms with van der Waals surface area (Å²) in [5, 5.41) is 14.7. The van der Waals surface area contributed by atoms with Crippen LogP contribution in [-0.4, -0.2) is 37.6 Å². The Morgan fingerprint density at radius 3 is 2.13 bits per heavy atom. The number of benzene rings is 2. The molecular weight excluding hydrogens is 404 g/mol. The molecular formula is C21H22N4O4S. The van der Waals surface area contributed by atoms with E-state index in [1.54, 1.807) is 36.4 Å². The summed E-state index contributed by atoms with van der Waals surface area (Å²) in [5.74, 6) is -0.652. The normalized spacial score (nSPS) is 15.2. The lowest BCUT2D eigenvalue weighted by Gasteiger charge is -2.30. The van der Waals surface area contributed by atoms with Crippen molar-refractivity contribution in [2.75, 3.05) is 23.7 Å². The largest absolute Gasteiger partial charge is 0.326 e. The Labute approximate surface area is 175 Å². The Morgan fingerprint density at radius 1 is 1.00 bits per heavy atom. The Bertz CT molecular complexity index is 1080. The van der Waals surface area contributed by atoms with Crippen molar-refractivity contribution >= 4 is 33.2 Å². The average molecular weight is 426 g/mol. The zero-order valence-electron chi connectivity index (χ0n) is 16.5. The number of hydrogen-bond acceptors (Lipinski definition) is 5. The number of carbonyl (C=O) groups excluding carboxylic acids is 2. The van der Waals surface area contributed by atoms with Crippen LogP contribution < -0.4 is 10.6 Å². The lowest BCUT2D eigenvalue weighted by molar-refractivity contribution is -0.121. The first-order chi connectivity index (χ1) is 14.3. The van der Waals surface area contributed by atoms with Gasteiger partial charge in [0.2, 0.25) is 21.8 Å². The molecule has 1 aliphatic rings. The van der Waals surface area contributed by atoms with Crippen molar-refractivity contribution in [3.63, 3.8) is 0 Å². The zero-order valence-corrected chi connectivity index (χ0v) is 17.3. The topological polar surface area (TPSA) is 119 Å². The number of piperidine rings is 1. The number of nitrogens with one attached hydrogen (secondary N) is 2. The van der Waals surface area contributed by atoms with Crippen molar-refractivity contribution in [3.8, 4) is 6.07 Å². The van der Waals surface area contributed by atoms with Crippen LogP contribution in [-0.2, 0) is 19.6 Å². The summed E-state index contributed by atoms with van der Waals surface area (Å²) in [4.78, 5) is 23.6. The maximum Gasteiger partial charge on any atom is 0.244 e. The number of carbonyl (C=O) groups is 2. The van der Waals surface area contributed by atoms with Gasteiger partial charge in [-0.2, -0.15) is 9.57 Å². The van der Waals surface area contributed by atoms with Gasteiger partial charge in [-0.3, -0.25) is 9.59 Å². The first-order valence-electron chi connectivity index (χ1n) is 9.49. The molecule has 156 valence electrons. The van der Waals surface area contributed by atoms with Gasteiger partial charge in [0.15, 0.2) is 0 Å². The first-order valence-corrected chi connectivity index (χ1v) is 10.9. The van der Waals surface area contributed by atoms with E-state index < -0.39 is 10.0 Å². The van der Waals surface area contributed by atoms with Crippen molar-refractivity contribution in [3.05, 3.63) is 54.1 Å². The van der Waals surface area contributed by atoms with E-state index in [9.17, 15) is 23.3 Å². The van der Waals surface area contributed by atoms with Gasteiger partial charge >= 0.3 is 0 Å². The van der Waals surface area contributed by atoms with Gasteiger partial charge in [-0.05, 0) is 49.2 Å². The number of nitriles is 1. The van der Waals surface area contributed by atoms with Gasteiger partial charge in [-0.1, -0.05) is 12.1 Å². The number of amides is 2. The van der Waals surface area contributed by atoms with E-state index in [-0.39, 0.29) is 41.3 Å². The average Bonchev–Trinajstić information content (AvgIpc) is 2.74. The molecule has 0 radical (unpaired) electrons. The number of hydrogen-bond donors (Lipinski definition) is 2. The van der Waals surface area contributed by atoms with Gasteiger partial charge in [0, 0.05) is 37.3 Å². The number of anilines is 2. The fourth-order valence-electron chi connectivity index (χ4n) is 3.37. The summed E-state index contributed by atoms with van der Waals surface area (Å²) in [7, 11) is -3.78. The molecule has 0 atom stereocenters. The van der Waals surface area contributed by atoms with Crippen molar-refractivity contribution < 1.29 is 18.0 Å². The molecule has 2 aromatic rings. The van der Waals surface area contributed by atoms with Crippen LogP contribution in [0.25, 0.3) is 0 Å². The second-order valence-electron chi connectivity index (χ2n) is 7.03. The number of nitrogens with zero attached hydrogens (tertiary/aromatic N) is 2. The Balaban J connectivity index is 1.60. The molecule has 2 amide bonds. The SMILES string of the molecule is CC(=O)Nc1ccc(NC(=O)C2CCN(S(=O)(=O)c3ccccc3C#N)CC2)cc1. The molecule has 0 unspecified atom stereocenters. The van der Waals surface area contributed by atoms with E-state index in [0.717, 1.165) is 0 Å². The third-order valence-corrected chi connectivity index (χ3v) is 6.88. The van der Waals surface area contributed by atoms with E-state index in [1.807, 2.05) is 6.07 Å². The molecule has 0 bridgehead atoms. The second kappa shape index (κ2) is 9.07. The van der Waals surface area contributed by atoms with Crippen LogP contribution >= 0.6 is 0 Å². The zero-order chi connectivity index (χ0) is 21.7. The number of sulfonamides is 1. The molecule has 1 fully saturated rings. The molecule has 0 aliphatic carbocycles. The summed E-state index contributed by atoms with van der Waals surface area (Å²) in [6.45, 7) is 1.84. The Morgan fingerprint density at radius 2 is 1.57 bits per heavy atom. The van der Waals surface area contributed by atoms with Crippen molar-refractivity contribution in [1.82, 2.24) is 4.31 Å². The molecule has 8 nitrogen and oxygen atoms in total. The van der Waals surface area contributed by atoms with Crippen LogP contribution in [0.15, 0.2) is 53.4 Å². The van der Waals surface area contributed by atoms with E-state index in [4.69, 9.17) is 0 Å². The number of rotatable bonds is 5. The van der Waals surface area contributed by atoms with Gasteiger partial charge in [-0.25, -0.2) is 8.42 Å². The smallest absolute Gasteiger partial charge is 0.244 e. The van der Waals surface area contributed by atoms with E-state index in [2.05, 4.69) is 10.6 Å². The van der Waals surface area contributed by atoms with Gasteiger partial charge in [0.05, 0.1) is 10.5 Å². The summed E-state index contributed by atoms with van der Waals surface area (Å²) >= 11 is 0. The summed E-state index contributed by atoms with van der Waals surface area (Å²) in [6.07, 6.45) is 0.785. The molecule has 9 heteroatoms. The van der Waals surface area contributed by atoms with Crippen LogP contribution in [0.3, 0.4) is 0 Å². The Hall–Kier alpha value is -3.22. The lowest BCUT2D eigenvalue weighted by atomic mass is 9.97. The van der Waals surface area contributed by atoms with Crippen molar-refractivity contribution in [2.24, 2.45) is 5.92 Å². The van der Waals surface area contributed by atoms with Crippen molar-refractivity contribution in [2.45, 2.75) is 24.7 Å². The third kappa shape index (κ3) is 4.84. The Kier molecular flexibility index (Phi) is 6.50. The molecule has 0 spiro atoms. The van der Waals surface area contributed by atoms with Gasteiger partial charge in [0.1, 0.15) is 6.07 Å². The van der Waals surface area contributed by atoms with Gasteiger partial charge in [-0.15, -0.1) is 0 Å². The predicted molar refractivity (Wildman–Crippen MR) is 112 cm³/mol. The second-order valence-corrected chi connectivity index (χ2v) is 8.94. The molecule has 2 N–H and O–H groups in total. The predicted octanol–water partition coefficient (Wildman–Crippen LogP) is 2.56. The third-order valence-electron chi connectivity index (χ3n) is 4.92. The van der Waals surface area contributed by atoms with Crippen LogP contribution in [0, 0.1) is 17.2 Å². The lowest BCUT2D eigenvalue weighted by Crippen LogP contribution is -2.41. The summed E-state index contributed by atoms with van der Waals surface area (Å²) in [5.41, 5.74) is 1.35. The summed E-state index contributed by atoms with van der Waals surface area (Å²) in [6, 6.07) is 14.8. The first kappa shape index (κ1) is 21.5. The van der Waals surface area contributed by atoms with Gasteiger partial charge < -0.3 is 10.6 Å². The van der Waals surface area contributed by atoms with Crippen LogP contribution in [0.2, 0.25) is 0 Å². The van der Waals surface area contributed by atoms with Crippen LogP contribution in [0.1, 0.15) is 25.3 Å². The van der Waals surface area contributed by atoms with Crippen LogP contribution in [0.4, 0.5) is 11.4 Å². The highest BCUT2D eigenvalue weighted by Gasteiger charge is 2.33. The van der Waals surface area contributed by atoms with Gasteiger partial charge in [0.25, 0.3) is 0 Å². The molecule has 0 saturated carbocycles. The highest BCUT2D eigenvalue weighted by Crippen LogP contribution is 2.26. The van der Waals surface area contributed by atoms with Crippen molar-refractivity contribution in [1.29, 1.82) is 5.26 Å². The molecule has 30 heavy (non-hydrogen) atoms. The monoisotopic (exact) mass is 426 g/mol. The minimum Gasteiger partial charge on any atom is -0.326 e. The van der Waals surface area contributed by atoms with E-state index in [1.165, 1.54) is 23.4 Å². The maximum absolute atomic E-state index is 12.9. The molecule has 0 aromatic heterocycles. The molecule has 2 aromatic carbocycles. The fourth-order valence-corrected chi connectivity index (χ4v) is 4.98. The maximum atomic E-state index is 12.9. The fraction of sp³-hybridized carbons (Fsp3) is 0.286. The quantitative estimate of drug-likeness (QED) is 0.761. The highest BCUT2D eigenvalue weighted by molar-refractivity contribution is 7.89. The minimum absolute atomic E-state index is 0.00494. The molecule has 1 saturated heterocycles. The molecule has 1 aliphatic heterocycles. The molecule has 3 rings (SSSR count). The van der Waals surface area contributed by atoms with E-state index >= 15 is 0 Å². The standard InChI is InChI=1S/C21H22N4O4S/c1-15(26)23-18-6-8-19(9-7-18)24-21(27)16-10-12-25(13-11-16)30(28,29)20-5-3-2-4-17(20)14-22/h2-9,16H,10-13H2,1H3,(H,23,26)(H,24,27). The molecule has 1 heterocycles. The van der Waals surface area contributed by atoms with Crippen LogP contribution in [0.5, 0.6) is 0 Å². The highest BCUT2D eigenvalue weighted by atomic mass is 32.2.